The highest BCUT2D eigenvalue weighted by molar-refractivity contribution is 7.09. The Kier molecular flexibility index (Phi) is 7.39. The Balaban J connectivity index is 2.01. The molecular weight excluding hydrogens is 310 g/mol. The van der Waals surface area contributed by atoms with Crippen molar-refractivity contribution in [2.24, 2.45) is 0 Å². The van der Waals surface area contributed by atoms with Crippen LogP contribution in [-0.2, 0) is 13.2 Å². The van der Waals surface area contributed by atoms with Crippen LogP contribution >= 0.6 is 11.3 Å². The molecule has 2 N–H and O–H groups in total. The lowest BCUT2D eigenvalue weighted by molar-refractivity contribution is 0.238. The number of thiophene rings is 1. The summed E-state index contributed by atoms with van der Waals surface area (Å²) >= 11 is 1.68. The third-order valence-corrected chi connectivity index (χ3v) is 4.42. The molecule has 1 atom stereocenters. The molecule has 2 rings (SSSR count). The van der Waals surface area contributed by atoms with E-state index in [9.17, 15) is 5.11 Å². The molecule has 23 heavy (non-hydrogen) atoms. The van der Waals surface area contributed by atoms with Gasteiger partial charge < -0.3 is 19.9 Å². The predicted octanol–water partition coefficient (Wildman–Crippen LogP) is 3.59. The van der Waals surface area contributed by atoms with Gasteiger partial charge in [-0.25, -0.2) is 0 Å². The third-order valence-electron chi connectivity index (χ3n) is 3.57. The van der Waals surface area contributed by atoms with Gasteiger partial charge in [0.25, 0.3) is 0 Å². The monoisotopic (exact) mass is 335 g/mol. The first-order valence-corrected chi connectivity index (χ1v) is 8.89. The van der Waals surface area contributed by atoms with Crippen molar-refractivity contribution in [1.82, 2.24) is 5.32 Å². The molecule has 1 unspecified atom stereocenters. The number of hydrogen-bond donors (Lipinski definition) is 2. The van der Waals surface area contributed by atoms with E-state index in [2.05, 4.69) is 18.3 Å². The van der Waals surface area contributed by atoms with Gasteiger partial charge in [-0.1, -0.05) is 19.1 Å². The number of hydrogen-bond acceptors (Lipinski definition) is 5. The number of benzene rings is 1. The summed E-state index contributed by atoms with van der Waals surface area (Å²) in [5, 5.41) is 14.6. The van der Waals surface area contributed by atoms with Crippen LogP contribution in [0, 0.1) is 0 Å². The SMILES string of the molecule is CCOc1cc(CNC(CC)CO)ccc1OCc1cccs1. The van der Waals surface area contributed by atoms with Crippen molar-refractivity contribution in [2.75, 3.05) is 13.2 Å². The zero-order valence-electron chi connectivity index (χ0n) is 13.7. The zero-order chi connectivity index (χ0) is 16.5. The van der Waals surface area contributed by atoms with E-state index >= 15 is 0 Å². The fourth-order valence-corrected chi connectivity index (χ4v) is 2.81. The molecule has 0 radical (unpaired) electrons. The summed E-state index contributed by atoms with van der Waals surface area (Å²) in [6, 6.07) is 10.2. The minimum atomic E-state index is 0.125. The molecule has 2 aromatic rings. The van der Waals surface area contributed by atoms with E-state index < -0.39 is 0 Å². The van der Waals surface area contributed by atoms with Crippen LogP contribution in [0.4, 0.5) is 0 Å². The molecule has 1 aromatic carbocycles. The van der Waals surface area contributed by atoms with E-state index in [1.54, 1.807) is 11.3 Å². The summed E-state index contributed by atoms with van der Waals surface area (Å²) in [4.78, 5) is 1.19. The van der Waals surface area contributed by atoms with Crippen LogP contribution in [-0.4, -0.2) is 24.4 Å². The number of aliphatic hydroxyl groups is 1. The van der Waals surface area contributed by atoms with E-state index in [-0.39, 0.29) is 12.6 Å². The number of aliphatic hydroxyl groups excluding tert-OH is 1. The fraction of sp³-hybridized carbons (Fsp3) is 0.444. The normalized spacial score (nSPS) is 12.1. The maximum Gasteiger partial charge on any atom is 0.161 e. The van der Waals surface area contributed by atoms with Gasteiger partial charge in [0.05, 0.1) is 13.2 Å². The lowest BCUT2D eigenvalue weighted by Gasteiger charge is -2.16. The summed E-state index contributed by atoms with van der Waals surface area (Å²) in [7, 11) is 0. The Hall–Kier alpha value is -1.56. The highest BCUT2D eigenvalue weighted by Gasteiger charge is 2.09. The summed E-state index contributed by atoms with van der Waals surface area (Å²) < 4.78 is 11.6. The Labute approximate surface area is 142 Å². The van der Waals surface area contributed by atoms with Gasteiger partial charge in [0.2, 0.25) is 0 Å². The fourth-order valence-electron chi connectivity index (χ4n) is 2.19. The summed E-state index contributed by atoms with van der Waals surface area (Å²) in [6.45, 7) is 6.02. The van der Waals surface area contributed by atoms with Crippen LogP contribution in [0.2, 0.25) is 0 Å². The first kappa shape index (κ1) is 17.8. The lowest BCUT2D eigenvalue weighted by Crippen LogP contribution is -2.31. The average molecular weight is 335 g/mol. The van der Waals surface area contributed by atoms with Gasteiger partial charge in [0.15, 0.2) is 11.5 Å². The molecule has 0 spiro atoms. The van der Waals surface area contributed by atoms with E-state index in [4.69, 9.17) is 9.47 Å². The molecule has 0 fully saturated rings. The smallest absolute Gasteiger partial charge is 0.161 e. The second-order valence-electron chi connectivity index (χ2n) is 5.25. The van der Waals surface area contributed by atoms with E-state index in [0.29, 0.717) is 19.8 Å². The lowest BCUT2D eigenvalue weighted by atomic mass is 10.1. The third kappa shape index (κ3) is 5.53. The Morgan fingerprint density at radius 3 is 2.70 bits per heavy atom. The first-order valence-electron chi connectivity index (χ1n) is 8.02. The van der Waals surface area contributed by atoms with Gasteiger partial charge in [-0.3, -0.25) is 0 Å². The number of rotatable bonds is 10. The van der Waals surface area contributed by atoms with Gasteiger partial charge >= 0.3 is 0 Å². The van der Waals surface area contributed by atoms with Gasteiger partial charge in [0.1, 0.15) is 6.61 Å². The zero-order valence-corrected chi connectivity index (χ0v) is 14.6. The van der Waals surface area contributed by atoms with Gasteiger partial charge in [-0.2, -0.15) is 0 Å². The minimum absolute atomic E-state index is 0.125. The summed E-state index contributed by atoms with van der Waals surface area (Å²) in [6.07, 6.45) is 0.900. The standard InChI is InChI=1S/C18H25NO3S/c1-3-15(12-20)19-11-14-7-8-17(18(10-14)21-4-2)22-13-16-6-5-9-23-16/h5-10,15,19-20H,3-4,11-13H2,1-2H3. The molecule has 0 aliphatic carbocycles. The molecule has 126 valence electrons. The summed E-state index contributed by atoms with van der Waals surface area (Å²) in [5.41, 5.74) is 1.11. The van der Waals surface area contributed by atoms with Crippen molar-refractivity contribution in [3.05, 3.63) is 46.2 Å². The molecule has 0 saturated carbocycles. The Morgan fingerprint density at radius 1 is 1.17 bits per heavy atom. The maximum atomic E-state index is 9.24. The number of nitrogens with one attached hydrogen (secondary N) is 1. The van der Waals surface area contributed by atoms with Gasteiger partial charge in [-0.15, -0.1) is 11.3 Å². The van der Waals surface area contributed by atoms with Crippen molar-refractivity contribution < 1.29 is 14.6 Å². The Morgan fingerprint density at radius 2 is 2.04 bits per heavy atom. The van der Waals surface area contributed by atoms with E-state index in [1.165, 1.54) is 4.88 Å². The van der Waals surface area contributed by atoms with Crippen LogP contribution in [0.25, 0.3) is 0 Å². The number of ether oxygens (including phenoxy) is 2. The molecule has 0 aliphatic heterocycles. The van der Waals surface area contributed by atoms with Gasteiger partial charge in [-0.05, 0) is 42.5 Å². The molecular formula is C18H25NO3S. The highest BCUT2D eigenvalue weighted by Crippen LogP contribution is 2.29. The quantitative estimate of drug-likeness (QED) is 0.697. The average Bonchev–Trinajstić information content (AvgIpc) is 3.09. The molecule has 0 saturated heterocycles. The van der Waals surface area contributed by atoms with Crippen molar-refractivity contribution >= 4 is 11.3 Å². The molecule has 0 amide bonds. The Bertz CT molecular complexity index is 568. The molecule has 4 nitrogen and oxygen atoms in total. The van der Waals surface area contributed by atoms with E-state index in [1.807, 2.05) is 36.6 Å². The molecule has 5 heteroatoms. The highest BCUT2D eigenvalue weighted by atomic mass is 32.1. The topological polar surface area (TPSA) is 50.7 Å². The molecule has 1 heterocycles. The predicted molar refractivity (Wildman–Crippen MR) is 94.3 cm³/mol. The van der Waals surface area contributed by atoms with Crippen LogP contribution < -0.4 is 14.8 Å². The van der Waals surface area contributed by atoms with Crippen molar-refractivity contribution in [3.8, 4) is 11.5 Å². The van der Waals surface area contributed by atoms with Crippen LogP contribution in [0.15, 0.2) is 35.7 Å². The second-order valence-corrected chi connectivity index (χ2v) is 6.28. The molecule has 1 aromatic heterocycles. The van der Waals surface area contributed by atoms with Gasteiger partial charge in [0, 0.05) is 17.5 Å². The van der Waals surface area contributed by atoms with Crippen molar-refractivity contribution in [1.29, 1.82) is 0 Å². The maximum absolute atomic E-state index is 9.24. The summed E-state index contributed by atoms with van der Waals surface area (Å²) in [5.74, 6) is 1.53. The van der Waals surface area contributed by atoms with Crippen LogP contribution in [0.3, 0.4) is 0 Å². The van der Waals surface area contributed by atoms with Crippen molar-refractivity contribution in [2.45, 2.75) is 39.5 Å². The minimum Gasteiger partial charge on any atom is -0.490 e. The largest absolute Gasteiger partial charge is 0.490 e. The van der Waals surface area contributed by atoms with E-state index in [0.717, 1.165) is 23.5 Å². The second kappa shape index (κ2) is 9.55. The van der Waals surface area contributed by atoms with Crippen LogP contribution in [0.5, 0.6) is 11.5 Å². The first-order chi connectivity index (χ1) is 11.3. The van der Waals surface area contributed by atoms with Crippen molar-refractivity contribution in [3.63, 3.8) is 0 Å². The van der Waals surface area contributed by atoms with Crippen LogP contribution in [0.1, 0.15) is 30.7 Å². The molecule has 0 bridgehead atoms. The molecule has 0 aliphatic rings.